The average Bonchev–Trinajstić information content (AvgIpc) is 3.19. The zero-order chi connectivity index (χ0) is 22.0. The predicted molar refractivity (Wildman–Crippen MR) is 122 cm³/mol. The molecule has 0 saturated carbocycles. The highest BCUT2D eigenvalue weighted by Gasteiger charge is 2.26. The second-order valence-electron chi connectivity index (χ2n) is 7.54. The number of fused-ring (bicyclic) bond motifs is 1. The van der Waals surface area contributed by atoms with E-state index in [1.54, 1.807) is 15.9 Å². The molecule has 2 heterocycles. The first-order valence-corrected chi connectivity index (χ1v) is 10.7. The van der Waals surface area contributed by atoms with Crippen LogP contribution in [0.5, 0.6) is 5.75 Å². The van der Waals surface area contributed by atoms with Crippen LogP contribution < -0.4 is 10.1 Å². The molecule has 4 rings (SSSR count). The van der Waals surface area contributed by atoms with E-state index in [2.05, 4.69) is 10.3 Å². The number of carbonyl (C=O) groups is 2. The van der Waals surface area contributed by atoms with Crippen molar-refractivity contribution in [3.8, 4) is 5.75 Å². The summed E-state index contributed by atoms with van der Waals surface area (Å²) >= 11 is 6.13. The van der Waals surface area contributed by atoms with Crippen molar-refractivity contribution in [2.75, 3.05) is 38.1 Å². The number of ether oxygens (including phenoxy) is 1. The Kier molecular flexibility index (Phi) is 6.04. The smallest absolute Gasteiger partial charge is 0.321 e. The first-order chi connectivity index (χ1) is 14.9. The van der Waals surface area contributed by atoms with E-state index in [4.69, 9.17) is 16.3 Å². The Morgan fingerprint density at radius 2 is 1.81 bits per heavy atom. The molecule has 3 amide bonds. The van der Waals surface area contributed by atoms with Gasteiger partial charge in [0.25, 0.3) is 5.91 Å². The van der Waals surface area contributed by atoms with Gasteiger partial charge in [-0.25, -0.2) is 4.79 Å². The summed E-state index contributed by atoms with van der Waals surface area (Å²) in [6.45, 7) is 6.31. The molecule has 3 aromatic rings. The first kappa shape index (κ1) is 21.1. The molecule has 162 valence electrons. The molecule has 1 fully saturated rings. The topological polar surface area (TPSA) is 77.7 Å². The Balaban J connectivity index is 1.36. The lowest BCUT2D eigenvalue weighted by Crippen LogP contribution is -2.51. The lowest BCUT2D eigenvalue weighted by molar-refractivity contribution is 0.0667. The van der Waals surface area contributed by atoms with Gasteiger partial charge in [0.1, 0.15) is 11.4 Å². The minimum atomic E-state index is -0.193. The second-order valence-corrected chi connectivity index (χ2v) is 7.95. The highest BCUT2D eigenvalue weighted by Crippen LogP contribution is 2.23. The van der Waals surface area contributed by atoms with Gasteiger partial charge < -0.3 is 24.8 Å². The van der Waals surface area contributed by atoms with Gasteiger partial charge in [-0.2, -0.15) is 0 Å². The molecule has 0 aliphatic carbocycles. The van der Waals surface area contributed by atoms with Gasteiger partial charge in [0, 0.05) is 53.9 Å². The number of hydrogen-bond acceptors (Lipinski definition) is 3. The Morgan fingerprint density at radius 1 is 1.06 bits per heavy atom. The predicted octanol–water partition coefficient (Wildman–Crippen LogP) is 4.52. The zero-order valence-electron chi connectivity index (χ0n) is 17.6. The van der Waals surface area contributed by atoms with Crippen LogP contribution in [0.15, 0.2) is 42.5 Å². The van der Waals surface area contributed by atoms with Gasteiger partial charge in [0.05, 0.1) is 6.61 Å². The Labute approximate surface area is 185 Å². The van der Waals surface area contributed by atoms with Crippen LogP contribution in [0, 0.1) is 6.92 Å². The molecule has 2 aromatic carbocycles. The number of nitrogens with zero attached hydrogens (tertiary/aromatic N) is 2. The maximum Gasteiger partial charge on any atom is 0.321 e. The maximum absolute atomic E-state index is 12.9. The summed E-state index contributed by atoms with van der Waals surface area (Å²) in [5.41, 5.74) is 3.02. The molecule has 8 heteroatoms. The number of H-pyrrole nitrogens is 1. The number of aryl methyl sites for hydroxylation is 1. The van der Waals surface area contributed by atoms with Gasteiger partial charge in [-0.05, 0) is 49.7 Å². The van der Waals surface area contributed by atoms with Crippen molar-refractivity contribution >= 4 is 40.1 Å². The van der Waals surface area contributed by atoms with E-state index in [1.165, 1.54) is 0 Å². The first-order valence-electron chi connectivity index (χ1n) is 10.3. The molecule has 7 nitrogen and oxygen atoms in total. The number of aromatic nitrogens is 1. The maximum atomic E-state index is 12.9. The molecule has 0 unspecified atom stereocenters. The van der Waals surface area contributed by atoms with Crippen molar-refractivity contribution in [2.45, 2.75) is 13.8 Å². The quantitative estimate of drug-likeness (QED) is 0.626. The highest BCUT2D eigenvalue weighted by atomic mass is 35.5. The van der Waals surface area contributed by atoms with Gasteiger partial charge in [-0.15, -0.1) is 0 Å². The van der Waals surface area contributed by atoms with Gasteiger partial charge in [-0.3, -0.25) is 4.79 Å². The lowest BCUT2D eigenvalue weighted by Gasteiger charge is -2.34. The fourth-order valence-corrected chi connectivity index (χ4v) is 3.81. The standard InChI is InChI=1S/C23H25ClN4O3/c1-3-31-18-7-5-16-12-21(26-20(16)14-18)22(29)27-8-10-28(11-9-27)23(30)25-17-6-4-15(2)19(24)13-17/h4-7,12-14,26H,3,8-11H2,1-2H3,(H,25,30). The monoisotopic (exact) mass is 440 g/mol. The Morgan fingerprint density at radius 3 is 2.52 bits per heavy atom. The van der Waals surface area contributed by atoms with E-state index in [-0.39, 0.29) is 11.9 Å². The molecule has 1 aliphatic heterocycles. The number of halogens is 1. The minimum Gasteiger partial charge on any atom is -0.494 e. The molecular formula is C23H25ClN4O3. The normalized spacial score (nSPS) is 14.0. The second kappa shape index (κ2) is 8.89. The van der Waals surface area contributed by atoms with Crippen molar-refractivity contribution in [2.24, 2.45) is 0 Å². The number of rotatable bonds is 4. The number of piperazine rings is 1. The third-order valence-corrected chi connectivity index (χ3v) is 5.82. The van der Waals surface area contributed by atoms with Crippen LogP contribution in [-0.2, 0) is 0 Å². The van der Waals surface area contributed by atoms with E-state index in [1.807, 2.05) is 50.2 Å². The fourth-order valence-electron chi connectivity index (χ4n) is 3.63. The Bertz CT molecular complexity index is 1120. The average molecular weight is 441 g/mol. The summed E-state index contributed by atoms with van der Waals surface area (Å²) < 4.78 is 5.52. The number of hydrogen-bond donors (Lipinski definition) is 2. The summed E-state index contributed by atoms with van der Waals surface area (Å²) in [7, 11) is 0. The number of urea groups is 1. The molecule has 1 aliphatic rings. The number of benzene rings is 2. The van der Waals surface area contributed by atoms with Gasteiger partial charge >= 0.3 is 6.03 Å². The van der Waals surface area contributed by atoms with Crippen LogP contribution in [0.25, 0.3) is 10.9 Å². The number of nitrogens with one attached hydrogen (secondary N) is 2. The summed E-state index contributed by atoms with van der Waals surface area (Å²) in [4.78, 5) is 32.2. The summed E-state index contributed by atoms with van der Waals surface area (Å²) in [6, 6.07) is 12.8. The van der Waals surface area contributed by atoms with Crippen molar-refractivity contribution in [1.82, 2.24) is 14.8 Å². The van der Waals surface area contributed by atoms with Crippen LogP contribution >= 0.6 is 11.6 Å². The third kappa shape index (κ3) is 4.61. The zero-order valence-corrected chi connectivity index (χ0v) is 18.3. The van der Waals surface area contributed by atoms with Crippen LogP contribution in [0.1, 0.15) is 23.0 Å². The molecule has 2 N–H and O–H groups in total. The number of amides is 3. The summed E-state index contributed by atoms with van der Waals surface area (Å²) in [5.74, 6) is 0.699. The summed E-state index contributed by atoms with van der Waals surface area (Å²) in [6.07, 6.45) is 0. The van der Waals surface area contributed by atoms with E-state index >= 15 is 0 Å². The van der Waals surface area contributed by atoms with Crippen molar-refractivity contribution in [3.63, 3.8) is 0 Å². The number of carbonyl (C=O) groups excluding carboxylic acids is 2. The third-order valence-electron chi connectivity index (χ3n) is 5.41. The molecule has 1 saturated heterocycles. The van der Waals surface area contributed by atoms with Crippen LogP contribution in [-0.4, -0.2) is 59.5 Å². The molecule has 31 heavy (non-hydrogen) atoms. The van der Waals surface area contributed by atoms with Crippen LogP contribution in [0.2, 0.25) is 5.02 Å². The van der Waals surface area contributed by atoms with E-state index < -0.39 is 0 Å². The summed E-state index contributed by atoms with van der Waals surface area (Å²) in [5, 5.41) is 4.44. The van der Waals surface area contributed by atoms with Gasteiger partial charge in [0.15, 0.2) is 0 Å². The Hall–Kier alpha value is -3.19. The van der Waals surface area contributed by atoms with E-state index in [9.17, 15) is 9.59 Å². The fraction of sp³-hybridized carbons (Fsp3) is 0.304. The SMILES string of the molecule is CCOc1ccc2cc(C(=O)N3CCN(C(=O)Nc4ccc(C)c(Cl)c4)CC3)[nH]c2c1. The number of anilines is 1. The van der Waals surface area contributed by atoms with E-state index in [0.717, 1.165) is 22.2 Å². The molecule has 0 bridgehead atoms. The molecule has 0 atom stereocenters. The van der Waals surface area contributed by atoms with Gasteiger partial charge in [-0.1, -0.05) is 17.7 Å². The number of aromatic amines is 1. The molecular weight excluding hydrogens is 416 g/mol. The van der Waals surface area contributed by atoms with Crippen LogP contribution in [0.4, 0.5) is 10.5 Å². The minimum absolute atomic E-state index is 0.0699. The van der Waals surface area contributed by atoms with Crippen LogP contribution in [0.3, 0.4) is 0 Å². The van der Waals surface area contributed by atoms with E-state index in [0.29, 0.717) is 49.2 Å². The van der Waals surface area contributed by atoms with Crippen molar-refractivity contribution in [1.29, 1.82) is 0 Å². The molecule has 1 aromatic heterocycles. The molecule has 0 spiro atoms. The van der Waals surface area contributed by atoms with Gasteiger partial charge in [0.2, 0.25) is 0 Å². The van der Waals surface area contributed by atoms with Crippen molar-refractivity contribution in [3.05, 3.63) is 58.7 Å². The van der Waals surface area contributed by atoms with Crippen molar-refractivity contribution < 1.29 is 14.3 Å². The largest absolute Gasteiger partial charge is 0.494 e. The lowest BCUT2D eigenvalue weighted by atomic mass is 10.2. The molecule has 0 radical (unpaired) electrons. The highest BCUT2D eigenvalue weighted by molar-refractivity contribution is 6.31.